The molecule has 1 aliphatic heterocycles. The molecule has 2 rings (SSSR count). The van der Waals surface area contributed by atoms with Crippen molar-refractivity contribution in [3.05, 3.63) is 15.8 Å². The summed E-state index contributed by atoms with van der Waals surface area (Å²) in [7, 11) is 0. The van der Waals surface area contributed by atoms with Gasteiger partial charge in [-0.3, -0.25) is 0 Å². The maximum Gasteiger partial charge on any atom is 0.348 e. The fraction of sp³-hybridized carbons (Fsp3) is 0.545. The summed E-state index contributed by atoms with van der Waals surface area (Å²) in [5, 5.41) is 0. The molecule has 88 valence electrons. The second-order valence-corrected chi connectivity index (χ2v) is 5.21. The summed E-state index contributed by atoms with van der Waals surface area (Å²) in [6, 6.07) is 1.67. The highest BCUT2D eigenvalue weighted by molar-refractivity contribution is 7.14. The largest absolute Gasteiger partial charge is 0.461 e. The Morgan fingerprint density at radius 2 is 2.56 bits per heavy atom. The van der Waals surface area contributed by atoms with E-state index in [-0.39, 0.29) is 5.97 Å². The lowest BCUT2D eigenvalue weighted by atomic mass is 10.1. The van der Waals surface area contributed by atoms with Gasteiger partial charge < -0.3 is 15.2 Å². The molecule has 0 saturated carbocycles. The molecule has 0 bridgehead atoms. The first-order chi connectivity index (χ1) is 7.66. The highest BCUT2D eigenvalue weighted by atomic mass is 32.1. The second-order valence-electron chi connectivity index (χ2n) is 3.95. The minimum absolute atomic E-state index is 0.281. The number of anilines is 1. The molecule has 0 amide bonds. The number of nitrogens with two attached hydrogens (primary N) is 1. The van der Waals surface area contributed by atoms with E-state index in [1.54, 1.807) is 6.07 Å². The SMILES string of the molecule is Cc1sc(C(=O)OCC2CCOC2)cc1N. The van der Waals surface area contributed by atoms with E-state index in [2.05, 4.69) is 0 Å². The van der Waals surface area contributed by atoms with E-state index < -0.39 is 0 Å². The molecule has 1 atom stereocenters. The zero-order valence-electron chi connectivity index (χ0n) is 9.19. The Kier molecular flexibility index (Phi) is 3.46. The minimum Gasteiger partial charge on any atom is -0.461 e. The first kappa shape index (κ1) is 11.4. The Balaban J connectivity index is 1.87. The Hall–Kier alpha value is -1.07. The number of nitrogen functional groups attached to an aromatic ring is 1. The van der Waals surface area contributed by atoms with Gasteiger partial charge in [0.2, 0.25) is 0 Å². The van der Waals surface area contributed by atoms with Crippen molar-refractivity contribution in [3.63, 3.8) is 0 Å². The van der Waals surface area contributed by atoms with Gasteiger partial charge in [0.25, 0.3) is 0 Å². The molecular formula is C11H15NO3S. The van der Waals surface area contributed by atoms with Crippen molar-refractivity contribution in [2.24, 2.45) is 5.92 Å². The van der Waals surface area contributed by atoms with Gasteiger partial charge in [0, 0.05) is 23.1 Å². The topological polar surface area (TPSA) is 61.5 Å². The van der Waals surface area contributed by atoms with Crippen LogP contribution >= 0.6 is 11.3 Å². The van der Waals surface area contributed by atoms with Crippen LogP contribution in [0.3, 0.4) is 0 Å². The van der Waals surface area contributed by atoms with Crippen LogP contribution in [-0.4, -0.2) is 25.8 Å². The molecule has 16 heavy (non-hydrogen) atoms. The quantitative estimate of drug-likeness (QED) is 0.820. The molecule has 1 unspecified atom stereocenters. The third kappa shape index (κ3) is 2.54. The average molecular weight is 241 g/mol. The van der Waals surface area contributed by atoms with Gasteiger partial charge in [-0.25, -0.2) is 4.79 Å². The van der Waals surface area contributed by atoms with E-state index in [4.69, 9.17) is 15.2 Å². The first-order valence-corrected chi connectivity index (χ1v) is 6.09. The average Bonchev–Trinajstić information content (AvgIpc) is 2.86. The van der Waals surface area contributed by atoms with Crippen LogP contribution in [0, 0.1) is 12.8 Å². The lowest BCUT2D eigenvalue weighted by Crippen LogP contribution is -2.13. The Bertz CT molecular complexity index is 363. The van der Waals surface area contributed by atoms with Crippen molar-refractivity contribution in [2.75, 3.05) is 25.6 Å². The monoisotopic (exact) mass is 241 g/mol. The lowest BCUT2D eigenvalue weighted by Gasteiger charge is -2.07. The molecule has 1 fully saturated rings. The second kappa shape index (κ2) is 4.84. The standard InChI is InChI=1S/C11H15NO3S/c1-7-9(12)4-10(16-7)11(13)15-6-8-2-3-14-5-8/h4,8H,2-3,5-6,12H2,1H3. The third-order valence-corrected chi connectivity index (χ3v) is 3.68. The van der Waals surface area contributed by atoms with E-state index in [0.29, 0.717) is 29.7 Å². The summed E-state index contributed by atoms with van der Waals surface area (Å²) in [6.07, 6.45) is 0.971. The molecule has 0 radical (unpaired) electrons. The number of hydrogen-bond donors (Lipinski definition) is 1. The van der Waals surface area contributed by atoms with E-state index in [9.17, 15) is 4.79 Å². The molecule has 0 spiro atoms. The van der Waals surface area contributed by atoms with Gasteiger partial charge in [0.05, 0.1) is 13.2 Å². The number of ether oxygens (including phenoxy) is 2. The number of thiophene rings is 1. The van der Waals surface area contributed by atoms with Crippen LogP contribution in [0.25, 0.3) is 0 Å². The van der Waals surface area contributed by atoms with E-state index in [1.807, 2.05) is 6.92 Å². The van der Waals surface area contributed by atoms with Crippen molar-refractivity contribution in [2.45, 2.75) is 13.3 Å². The maximum absolute atomic E-state index is 11.7. The van der Waals surface area contributed by atoms with Gasteiger partial charge in [-0.05, 0) is 19.4 Å². The lowest BCUT2D eigenvalue weighted by molar-refractivity contribution is 0.0434. The highest BCUT2D eigenvalue weighted by Crippen LogP contribution is 2.24. The molecular weight excluding hydrogens is 226 g/mol. The fourth-order valence-electron chi connectivity index (χ4n) is 1.58. The molecule has 4 nitrogen and oxygen atoms in total. The van der Waals surface area contributed by atoms with Gasteiger partial charge in [0.15, 0.2) is 0 Å². The van der Waals surface area contributed by atoms with Crippen molar-refractivity contribution in [3.8, 4) is 0 Å². The fourth-order valence-corrected chi connectivity index (χ4v) is 2.41. The van der Waals surface area contributed by atoms with E-state index in [0.717, 1.165) is 17.9 Å². The summed E-state index contributed by atoms with van der Waals surface area (Å²) in [6.45, 7) is 3.80. The van der Waals surface area contributed by atoms with Crippen LogP contribution in [-0.2, 0) is 9.47 Å². The summed E-state index contributed by atoms with van der Waals surface area (Å²) in [4.78, 5) is 13.2. The zero-order valence-corrected chi connectivity index (χ0v) is 10.0. The van der Waals surface area contributed by atoms with Gasteiger partial charge in [-0.2, -0.15) is 0 Å². The number of esters is 1. The molecule has 2 heterocycles. The molecule has 0 aromatic carbocycles. The number of carbonyl (C=O) groups is 1. The van der Waals surface area contributed by atoms with Crippen molar-refractivity contribution >= 4 is 23.0 Å². The molecule has 0 aliphatic carbocycles. The van der Waals surface area contributed by atoms with Gasteiger partial charge in [-0.15, -0.1) is 11.3 Å². The summed E-state index contributed by atoms with van der Waals surface area (Å²) in [5.41, 5.74) is 6.33. The Morgan fingerprint density at radius 3 is 3.12 bits per heavy atom. The van der Waals surface area contributed by atoms with Crippen molar-refractivity contribution in [1.29, 1.82) is 0 Å². The predicted molar refractivity (Wildman–Crippen MR) is 62.7 cm³/mol. The number of aryl methyl sites for hydroxylation is 1. The highest BCUT2D eigenvalue weighted by Gasteiger charge is 2.19. The van der Waals surface area contributed by atoms with Crippen LogP contribution < -0.4 is 5.73 Å². The summed E-state index contributed by atoms with van der Waals surface area (Å²) < 4.78 is 10.4. The van der Waals surface area contributed by atoms with Gasteiger partial charge in [0.1, 0.15) is 4.88 Å². The third-order valence-electron chi connectivity index (χ3n) is 2.63. The van der Waals surface area contributed by atoms with Crippen LogP contribution in [0.1, 0.15) is 21.0 Å². The van der Waals surface area contributed by atoms with Crippen LogP contribution in [0.5, 0.6) is 0 Å². The Labute approximate surface area is 98.3 Å². The van der Waals surface area contributed by atoms with Crippen LogP contribution in [0.4, 0.5) is 5.69 Å². The molecule has 1 aliphatic rings. The first-order valence-electron chi connectivity index (χ1n) is 5.27. The molecule has 2 N–H and O–H groups in total. The van der Waals surface area contributed by atoms with E-state index in [1.165, 1.54) is 11.3 Å². The predicted octanol–water partition coefficient (Wildman–Crippen LogP) is 1.83. The number of rotatable bonds is 3. The zero-order chi connectivity index (χ0) is 11.5. The van der Waals surface area contributed by atoms with Gasteiger partial charge in [-0.1, -0.05) is 0 Å². The van der Waals surface area contributed by atoms with E-state index >= 15 is 0 Å². The number of hydrogen-bond acceptors (Lipinski definition) is 5. The van der Waals surface area contributed by atoms with Gasteiger partial charge >= 0.3 is 5.97 Å². The van der Waals surface area contributed by atoms with Crippen LogP contribution in [0.15, 0.2) is 6.07 Å². The van der Waals surface area contributed by atoms with Crippen molar-refractivity contribution in [1.82, 2.24) is 0 Å². The molecule has 1 aromatic rings. The summed E-state index contributed by atoms with van der Waals surface area (Å²) >= 11 is 1.37. The molecule has 1 saturated heterocycles. The molecule has 1 aromatic heterocycles. The summed E-state index contributed by atoms with van der Waals surface area (Å²) in [5.74, 6) is 0.0686. The smallest absolute Gasteiger partial charge is 0.348 e. The van der Waals surface area contributed by atoms with Crippen molar-refractivity contribution < 1.29 is 14.3 Å². The minimum atomic E-state index is -0.281. The normalized spacial score (nSPS) is 19.9. The number of carbonyl (C=O) groups excluding carboxylic acids is 1. The maximum atomic E-state index is 11.7. The Morgan fingerprint density at radius 1 is 1.75 bits per heavy atom. The van der Waals surface area contributed by atoms with Crippen LogP contribution in [0.2, 0.25) is 0 Å². The molecule has 5 heteroatoms.